The molecule has 0 spiro atoms. The van der Waals surface area contributed by atoms with E-state index in [0.717, 1.165) is 26.2 Å². The maximum absolute atomic E-state index is 14.4. The van der Waals surface area contributed by atoms with E-state index in [1.54, 1.807) is 0 Å². The van der Waals surface area contributed by atoms with E-state index in [2.05, 4.69) is 10.3 Å². The van der Waals surface area contributed by atoms with Crippen molar-refractivity contribution in [2.75, 3.05) is 12.4 Å². The van der Waals surface area contributed by atoms with Crippen molar-refractivity contribution in [3.05, 3.63) is 53.1 Å². The Morgan fingerprint density at radius 3 is 2.41 bits per heavy atom. The highest BCUT2D eigenvalue weighted by molar-refractivity contribution is 5.97. The van der Waals surface area contributed by atoms with Crippen LogP contribution in [0.3, 0.4) is 0 Å². The van der Waals surface area contributed by atoms with Crippen LogP contribution in [0.1, 0.15) is 35.8 Å². The van der Waals surface area contributed by atoms with Crippen molar-refractivity contribution >= 4 is 17.5 Å². The van der Waals surface area contributed by atoms with Gasteiger partial charge >= 0.3 is 6.18 Å². The summed E-state index contributed by atoms with van der Waals surface area (Å²) >= 11 is 0. The molecule has 0 unspecified atom stereocenters. The fraction of sp³-hybridized carbons (Fsp3) is 0.381. The number of aromatic nitrogens is 1. The van der Waals surface area contributed by atoms with E-state index >= 15 is 0 Å². The van der Waals surface area contributed by atoms with Gasteiger partial charge in [0.2, 0.25) is 5.82 Å². The molecule has 1 saturated heterocycles. The van der Waals surface area contributed by atoms with Gasteiger partial charge in [0, 0.05) is 17.4 Å². The average molecular weight is 491 g/mol. The molecule has 1 fully saturated rings. The second kappa shape index (κ2) is 8.78. The number of ether oxygens (including phenoxy) is 2. The fourth-order valence-electron chi connectivity index (χ4n) is 3.91. The van der Waals surface area contributed by atoms with Gasteiger partial charge in [0.05, 0.1) is 19.0 Å². The van der Waals surface area contributed by atoms with Crippen LogP contribution in [0.2, 0.25) is 0 Å². The predicted molar refractivity (Wildman–Crippen MR) is 105 cm³/mol. The Morgan fingerprint density at radius 1 is 1.21 bits per heavy atom. The predicted octanol–water partition coefficient (Wildman–Crippen LogP) is 3.68. The molecule has 4 atom stereocenters. The van der Waals surface area contributed by atoms with Crippen molar-refractivity contribution in [2.24, 2.45) is 11.7 Å². The van der Waals surface area contributed by atoms with Crippen LogP contribution in [0.4, 0.5) is 32.0 Å². The Kier molecular flexibility index (Phi) is 6.53. The SMILES string of the molecule is COc1c([C@@H]2[C@@H](C(=O)Nc3cc(C(N)=O)ncc3F)O[C@](C)(C(F)(F)F)[C@@H]2C)ccc(F)c1F. The summed E-state index contributed by atoms with van der Waals surface area (Å²) in [6.45, 7) is 1.84. The zero-order valence-electron chi connectivity index (χ0n) is 18.0. The third-order valence-electron chi connectivity index (χ3n) is 5.94. The van der Waals surface area contributed by atoms with E-state index in [-0.39, 0.29) is 5.56 Å². The first-order valence-electron chi connectivity index (χ1n) is 9.75. The number of primary amides is 1. The van der Waals surface area contributed by atoms with Crippen LogP contribution in [0.15, 0.2) is 24.4 Å². The Labute approximate surface area is 189 Å². The minimum absolute atomic E-state index is 0.255. The Bertz CT molecular complexity index is 1140. The summed E-state index contributed by atoms with van der Waals surface area (Å²) < 4.78 is 94.1. The maximum Gasteiger partial charge on any atom is 0.417 e. The molecule has 1 aliphatic heterocycles. The summed E-state index contributed by atoms with van der Waals surface area (Å²) in [5.41, 5.74) is 0.923. The van der Waals surface area contributed by atoms with Crippen LogP contribution in [0.25, 0.3) is 0 Å². The molecule has 13 heteroatoms. The Balaban J connectivity index is 2.10. The lowest BCUT2D eigenvalue weighted by molar-refractivity contribution is -0.272. The Morgan fingerprint density at radius 2 is 1.85 bits per heavy atom. The molecule has 184 valence electrons. The molecule has 3 rings (SSSR count). The van der Waals surface area contributed by atoms with Crippen LogP contribution in [-0.2, 0) is 9.53 Å². The second-order valence-corrected chi connectivity index (χ2v) is 7.84. The zero-order valence-corrected chi connectivity index (χ0v) is 18.0. The number of alkyl halides is 3. The highest BCUT2D eigenvalue weighted by Gasteiger charge is 2.66. The number of methoxy groups -OCH3 is 1. The lowest BCUT2D eigenvalue weighted by atomic mass is 9.77. The van der Waals surface area contributed by atoms with Crippen molar-refractivity contribution in [2.45, 2.75) is 37.6 Å². The zero-order chi connectivity index (χ0) is 25.6. The first kappa shape index (κ1) is 25.3. The molecule has 2 amide bonds. The molecule has 2 heterocycles. The quantitative estimate of drug-likeness (QED) is 0.622. The molecular weight excluding hydrogens is 472 g/mol. The minimum Gasteiger partial charge on any atom is -0.493 e. The van der Waals surface area contributed by atoms with Crippen molar-refractivity contribution in [3.63, 3.8) is 0 Å². The molecule has 1 aromatic heterocycles. The summed E-state index contributed by atoms with van der Waals surface area (Å²) in [4.78, 5) is 27.8. The van der Waals surface area contributed by atoms with Gasteiger partial charge in [0.15, 0.2) is 23.0 Å². The van der Waals surface area contributed by atoms with Crippen molar-refractivity contribution in [1.29, 1.82) is 0 Å². The van der Waals surface area contributed by atoms with E-state index in [9.17, 15) is 35.9 Å². The number of pyridine rings is 1. The van der Waals surface area contributed by atoms with Gasteiger partial charge in [0.1, 0.15) is 11.8 Å². The number of nitrogens with zero attached hydrogens (tertiary/aromatic N) is 1. The first-order chi connectivity index (χ1) is 15.7. The topological polar surface area (TPSA) is 104 Å². The van der Waals surface area contributed by atoms with Gasteiger partial charge in [-0.25, -0.2) is 13.8 Å². The van der Waals surface area contributed by atoms with Crippen LogP contribution < -0.4 is 15.8 Å². The normalized spacial score (nSPS) is 24.7. The summed E-state index contributed by atoms with van der Waals surface area (Å²) in [7, 11) is 0.984. The van der Waals surface area contributed by atoms with Gasteiger partial charge in [-0.1, -0.05) is 13.0 Å². The first-order valence-corrected chi connectivity index (χ1v) is 9.75. The number of benzene rings is 1. The summed E-state index contributed by atoms with van der Waals surface area (Å²) in [5, 5.41) is 2.06. The van der Waals surface area contributed by atoms with Crippen molar-refractivity contribution in [3.8, 4) is 5.75 Å². The fourth-order valence-corrected chi connectivity index (χ4v) is 3.91. The number of hydrogen-bond acceptors (Lipinski definition) is 5. The van der Waals surface area contributed by atoms with E-state index in [1.807, 2.05) is 0 Å². The number of carbonyl (C=O) groups excluding carboxylic acids is 2. The van der Waals surface area contributed by atoms with Gasteiger partial charge in [-0.2, -0.15) is 17.6 Å². The number of nitrogens with two attached hydrogens (primary N) is 1. The Hall–Kier alpha value is -3.35. The largest absolute Gasteiger partial charge is 0.493 e. The van der Waals surface area contributed by atoms with Gasteiger partial charge in [-0.3, -0.25) is 9.59 Å². The van der Waals surface area contributed by atoms with Gasteiger partial charge < -0.3 is 20.5 Å². The minimum atomic E-state index is -4.97. The van der Waals surface area contributed by atoms with E-state index in [1.165, 1.54) is 0 Å². The number of carbonyl (C=O) groups is 2. The number of amides is 2. The summed E-state index contributed by atoms with van der Waals surface area (Å²) in [6.07, 6.45) is -6.32. The van der Waals surface area contributed by atoms with Crippen LogP contribution >= 0.6 is 0 Å². The van der Waals surface area contributed by atoms with Gasteiger partial charge in [-0.05, 0) is 19.1 Å². The van der Waals surface area contributed by atoms with Crippen molar-refractivity contribution in [1.82, 2.24) is 4.98 Å². The number of hydrogen-bond donors (Lipinski definition) is 2. The van der Waals surface area contributed by atoms with Gasteiger partial charge in [-0.15, -0.1) is 0 Å². The smallest absolute Gasteiger partial charge is 0.417 e. The van der Waals surface area contributed by atoms with Crippen molar-refractivity contribution < 1.29 is 45.4 Å². The molecule has 7 nitrogen and oxygen atoms in total. The molecule has 0 saturated carbocycles. The summed E-state index contributed by atoms with van der Waals surface area (Å²) in [5.74, 6) is -9.85. The molecule has 34 heavy (non-hydrogen) atoms. The second-order valence-electron chi connectivity index (χ2n) is 7.84. The van der Waals surface area contributed by atoms with Crippen LogP contribution in [0, 0.1) is 23.4 Å². The number of rotatable bonds is 5. The lowest BCUT2D eigenvalue weighted by Gasteiger charge is -2.32. The molecule has 2 aromatic rings. The highest BCUT2D eigenvalue weighted by Crippen LogP contribution is 2.55. The molecule has 1 aliphatic rings. The maximum atomic E-state index is 14.4. The van der Waals surface area contributed by atoms with E-state index in [0.29, 0.717) is 19.2 Å². The monoisotopic (exact) mass is 491 g/mol. The number of halogens is 6. The molecule has 0 aliphatic carbocycles. The van der Waals surface area contributed by atoms with Crippen LogP contribution in [0.5, 0.6) is 5.75 Å². The van der Waals surface area contributed by atoms with E-state index in [4.69, 9.17) is 15.2 Å². The summed E-state index contributed by atoms with van der Waals surface area (Å²) in [6, 6.07) is 2.46. The third-order valence-corrected chi connectivity index (χ3v) is 5.94. The lowest BCUT2D eigenvalue weighted by Crippen LogP contribution is -2.47. The average Bonchev–Trinajstić information content (AvgIpc) is 3.03. The number of anilines is 1. The highest BCUT2D eigenvalue weighted by atomic mass is 19.4. The molecular formula is C21H19F6N3O4. The molecule has 0 bridgehead atoms. The molecule has 3 N–H and O–H groups in total. The van der Waals surface area contributed by atoms with E-state index < -0.39 is 76.1 Å². The molecule has 1 aromatic carbocycles. The molecule has 0 radical (unpaired) electrons. The van der Waals surface area contributed by atoms with Gasteiger partial charge in [0.25, 0.3) is 11.8 Å². The van der Waals surface area contributed by atoms with Crippen LogP contribution in [-0.4, -0.2) is 41.8 Å². The standard InChI is InChI=1S/C21H19F6N3O4/c1-8-14(9-4-5-10(22)15(24)16(9)33-3)17(34-20(8,2)21(25,26)27)19(32)30-12-6-13(18(28)31)29-7-11(12)23/h4-8,14,17H,1-3H3,(H2,28,31)(H,29,30,32)/t8-,14-,17+,20+/m1/s1. The number of nitrogens with one attached hydrogen (secondary N) is 1. The third kappa shape index (κ3) is 4.15.